The van der Waals surface area contributed by atoms with Gasteiger partial charge in [-0.2, -0.15) is 25.7 Å². The molecule has 19 nitrogen and oxygen atoms in total. The first-order valence-electron chi connectivity index (χ1n) is 20.4. The van der Waals surface area contributed by atoms with Crippen LogP contribution in [-0.2, 0) is 69.7 Å². The van der Waals surface area contributed by atoms with E-state index in [1.807, 2.05) is 81.2 Å². The van der Waals surface area contributed by atoms with E-state index >= 15 is 0 Å². The van der Waals surface area contributed by atoms with Crippen LogP contribution in [-0.4, -0.2) is 115 Å². The predicted octanol–water partition coefficient (Wildman–Crippen LogP) is 5.41. The number of carbonyl (C=O) groups excluding carboxylic acids is 3. The highest BCUT2D eigenvalue weighted by Gasteiger charge is 2.45. The first kappa shape index (κ1) is 51.4. The van der Waals surface area contributed by atoms with Crippen LogP contribution in [0.25, 0.3) is 0 Å². The number of unbranched alkanes of at least 4 members (excludes halogenated alkanes) is 2. The van der Waals surface area contributed by atoms with E-state index in [-0.39, 0.29) is 36.3 Å². The summed E-state index contributed by atoms with van der Waals surface area (Å²) < 4.78 is 99.1. The summed E-state index contributed by atoms with van der Waals surface area (Å²) in [4.78, 5) is 43.8. The van der Waals surface area contributed by atoms with E-state index in [4.69, 9.17) is 10.1 Å². The van der Waals surface area contributed by atoms with Crippen molar-refractivity contribution in [2.24, 2.45) is 0 Å². The molecule has 0 radical (unpaired) electrons. The summed E-state index contributed by atoms with van der Waals surface area (Å²) in [5, 5.41) is 12.8. The smallest absolute Gasteiger partial charge is 0.344 e. The lowest BCUT2D eigenvalue weighted by Gasteiger charge is -2.27. The maximum Gasteiger partial charge on any atom is 0.348 e. The van der Waals surface area contributed by atoms with Gasteiger partial charge in [-0.25, -0.2) is 18.5 Å². The average molecular weight is 982 g/mol. The minimum absolute atomic E-state index is 0.117. The largest absolute Gasteiger partial charge is 0.348 e. The SMILES string of the molecule is CN(CC(=O)ON1C(=O)CCC1=O)S(=O)(=O)c1ccc2c(c1)C(C)(C)\C(=C/C=C/C=C/C=C/C1=[N+](CCCCS(=O)(=O)O)c3ccc(SOOO)cc3C1(C)C)N2CCCCS(=O)(=O)O. The Kier molecular flexibility index (Phi) is 16.6. The zero-order chi connectivity index (χ0) is 48.0. The highest BCUT2D eigenvalue weighted by Crippen LogP contribution is 2.49. The van der Waals surface area contributed by atoms with E-state index < -0.39 is 71.2 Å². The number of hydroxylamine groups is 2. The monoisotopic (exact) mass is 981 g/mol. The number of imide groups is 1. The van der Waals surface area contributed by atoms with Crippen molar-refractivity contribution in [3.8, 4) is 0 Å². The molecule has 2 aromatic carbocycles. The van der Waals surface area contributed by atoms with E-state index in [0.717, 1.165) is 39.0 Å². The van der Waals surface area contributed by atoms with E-state index in [9.17, 15) is 48.7 Å². The normalized spacial score (nSPS) is 18.1. The van der Waals surface area contributed by atoms with Gasteiger partial charge in [-0.05, 0) is 75.1 Å². The lowest BCUT2D eigenvalue weighted by atomic mass is 9.81. The number of carbonyl (C=O) groups is 3. The molecule has 5 rings (SSSR count). The number of sulfonamides is 1. The molecule has 0 atom stereocenters. The Morgan fingerprint density at radius 3 is 2.11 bits per heavy atom. The number of allylic oxidation sites excluding steroid dienone is 8. The Balaban J connectivity index is 1.37. The van der Waals surface area contributed by atoms with Crippen LogP contribution in [0.15, 0.2) is 94.4 Å². The van der Waals surface area contributed by atoms with E-state index in [1.54, 1.807) is 18.2 Å². The molecule has 2 amide bonds. The quantitative estimate of drug-likeness (QED) is 0.0195. The Labute approximate surface area is 383 Å². The Bertz CT molecular complexity index is 2660. The molecule has 0 bridgehead atoms. The number of rotatable bonds is 22. The molecule has 354 valence electrons. The lowest BCUT2D eigenvalue weighted by molar-refractivity contribution is -0.438. The summed E-state index contributed by atoms with van der Waals surface area (Å²) in [5.41, 5.74) is 3.57. The van der Waals surface area contributed by atoms with Crippen molar-refractivity contribution >= 4 is 77.2 Å². The first-order chi connectivity index (χ1) is 30.4. The minimum atomic E-state index is -4.29. The maximum absolute atomic E-state index is 13.7. The molecule has 2 aromatic rings. The van der Waals surface area contributed by atoms with Crippen molar-refractivity contribution in [1.29, 1.82) is 0 Å². The van der Waals surface area contributed by atoms with Crippen LogP contribution in [0.5, 0.6) is 0 Å². The fourth-order valence-corrected chi connectivity index (χ4v) is 10.6. The molecule has 0 unspecified atom stereocenters. The van der Waals surface area contributed by atoms with Crippen LogP contribution in [0.4, 0.5) is 11.4 Å². The highest BCUT2D eigenvalue weighted by atomic mass is 32.2. The summed E-state index contributed by atoms with van der Waals surface area (Å²) in [6, 6.07) is 10.1. The van der Waals surface area contributed by atoms with Crippen molar-refractivity contribution in [3.05, 3.63) is 95.8 Å². The van der Waals surface area contributed by atoms with Gasteiger partial charge in [0.15, 0.2) is 5.71 Å². The van der Waals surface area contributed by atoms with Gasteiger partial charge in [-0.15, -0.1) is 9.40 Å². The maximum atomic E-state index is 13.7. The second-order valence-corrected chi connectivity index (χ2v) is 22.5. The number of likely N-dealkylation sites (N-methyl/N-ethyl adjacent to an activating group) is 1. The van der Waals surface area contributed by atoms with Gasteiger partial charge in [0.05, 0.1) is 33.9 Å². The predicted molar refractivity (Wildman–Crippen MR) is 241 cm³/mol. The van der Waals surface area contributed by atoms with Crippen LogP contribution in [0, 0.1) is 0 Å². The average Bonchev–Trinajstić information content (AvgIpc) is 3.73. The summed E-state index contributed by atoms with van der Waals surface area (Å²) in [5.74, 6) is -3.29. The van der Waals surface area contributed by atoms with E-state index in [1.165, 1.54) is 19.2 Å². The van der Waals surface area contributed by atoms with Crippen molar-refractivity contribution in [2.45, 2.75) is 86.8 Å². The fraction of sp³-hybridized carbons (Fsp3) is 0.429. The molecule has 0 aromatic heterocycles. The third-order valence-electron chi connectivity index (χ3n) is 11.2. The molecule has 3 aliphatic heterocycles. The molecular weight excluding hydrogens is 929 g/mol. The fourth-order valence-electron chi connectivity index (χ4n) is 7.89. The molecule has 0 saturated carbocycles. The van der Waals surface area contributed by atoms with E-state index in [2.05, 4.69) is 13.9 Å². The van der Waals surface area contributed by atoms with Crippen LogP contribution in [0.3, 0.4) is 0 Å². The number of amides is 2. The third-order valence-corrected chi connectivity index (χ3v) is 15.2. The van der Waals surface area contributed by atoms with Gasteiger partial charge in [0.25, 0.3) is 32.1 Å². The molecular formula is C42H53N4O15S4+. The van der Waals surface area contributed by atoms with Crippen molar-refractivity contribution in [1.82, 2.24) is 9.37 Å². The van der Waals surface area contributed by atoms with Crippen LogP contribution < -0.4 is 4.90 Å². The Morgan fingerprint density at radius 2 is 1.46 bits per heavy atom. The molecule has 0 aliphatic carbocycles. The van der Waals surface area contributed by atoms with Crippen LogP contribution in [0.1, 0.15) is 77.3 Å². The van der Waals surface area contributed by atoms with Gasteiger partial charge in [0.2, 0.25) is 15.7 Å². The molecule has 3 N–H and O–H groups in total. The number of fused-ring (bicyclic) bond motifs is 2. The van der Waals surface area contributed by atoms with E-state index in [0.29, 0.717) is 47.1 Å². The Morgan fingerprint density at radius 1 is 0.831 bits per heavy atom. The highest BCUT2D eigenvalue weighted by molar-refractivity contribution is 7.94. The molecule has 23 heteroatoms. The van der Waals surface area contributed by atoms with Gasteiger partial charge in [-0.3, -0.25) is 18.7 Å². The van der Waals surface area contributed by atoms with Gasteiger partial charge < -0.3 is 9.74 Å². The zero-order valence-corrected chi connectivity index (χ0v) is 39.7. The topological polar surface area (TPSA) is 255 Å². The molecule has 0 spiro atoms. The third kappa shape index (κ3) is 12.7. The lowest BCUT2D eigenvalue weighted by Crippen LogP contribution is -2.38. The molecule has 3 aliphatic rings. The van der Waals surface area contributed by atoms with Crippen LogP contribution >= 0.6 is 12.0 Å². The number of anilines is 1. The Hall–Kier alpha value is -4.56. The summed E-state index contributed by atoms with van der Waals surface area (Å²) >= 11 is 0.835. The number of hydrogen-bond acceptors (Lipinski definition) is 15. The summed E-state index contributed by atoms with van der Waals surface area (Å²) in [6.07, 6.45) is 14.0. The number of nitrogens with zero attached hydrogens (tertiary/aromatic N) is 4. The molecule has 3 heterocycles. The molecule has 1 saturated heterocycles. The number of hydrogen-bond donors (Lipinski definition) is 3. The van der Waals surface area contributed by atoms with Gasteiger partial charge in [-0.1, -0.05) is 49.3 Å². The van der Waals surface area contributed by atoms with Gasteiger partial charge in [0.1, 0.15) is 13.1 Å². The minimum Gasteiger partial charge on any atom is -0.344 e. The van der Waals surface area contributed by atoms with Crippen LogP contribution in [0.2, 0.25) is 0 Å². The standard InChI is InChI=1S/C42H52N4O15S4/c1-41(2)32-27-30(62-61-60-50)17-19-34(32)44(23-11-13-25-63(51,52)53)36(41)15-9-7-6-8-10-16-37-42(3,4)33-28-31(18-20-35(33)45(37)24-12-14-26-64(54,55)56)65(57,58)43(5)29-40(49)59-46-38(47)21-22-39(46)48/h6-10,15-20,27-28H,11-14,21-26,29H2,1-5H3,(H2-,50,51,52,53,54,55,56)/p+1. The summed E-state index contributed by atoms with van der Waals surface area (Å²) in [7, 11) is -11.4. The molecule has 65 heavy (non-hydrogen) atoms. The second-order valence-electron chi connectivity index (χ2n) is 16.5. The van der Waals surface area contributed by atoms with Gasteiger partial charge in [0, 0.05) is 72.3 Å². The molecule has 1 fully saturated rings. The van der Waals surface area contributed by atoms with Crippen molar-refractivity contribution in [2.75, 3.05) is 43.1 Å². The van der Waals surface area contributed by atoms with Crippen molar-refractivity contribution in [3.63, 3.8) is 0 Å². The number of benzene rings is 2. The van der Waals surface area contributed by atoms with Gasteiger partial charge >= 0.3 is 5.97 Å². The summed E-state index contributed by atoms with van der Waals surface area (Å²) in [6.45, 7) is 7.94. The second kappa shape index (κ2) is 20.9. The zero-order valence-electron chi connectivity index (χ0n) is 36.4. The first-order valence-corrected chi connectivity index (χ1v) is 25.8. The van der Waals surface area contributed by atoms with Crippen molar-refractivity contribution < 1.29 is 72.8 Å².